The summed E-state index contributed by atoms with van der Waals surface area (Å²) in [6, 6.07) is 0.555. The predicted molar refractivity (Wildman–Crippen MR) is 72.0 cm³/mol. The Kier molecular flexibility index (Phi) is 4.93. The topological polar surface area (TPSA) is 24.9 Å². The molecule has 1 heterocycles. The van der Waals surface area contributed by atoms with Crippen LogP contribution in [0.1, 0.15) is 57.7 Å². The standard InChI is InChI=1S/C13H24N2S/c1-6-7-8-10(2)15-13(4,5)12-14-11(3)9-16-12/h9-10,15H,6-8H2,1-5H3. The minimum absolute atomic E-state index is 0.00785. The van der Waals surface area contributed by atoms with E-state index in [2.05, 4.69) is 50.3 Å². The number of aromatic nitrogens is 1. The van der Waals surface area contributed by atoms with E-state index >= 15 is 0 Å². The van der Waals surface area contributed by atoms with Gasteiger partial charge in [0.15, 0.2) is 0 Å². The summed E-state index contributed by atoms with van der Waals surface area (Å²) >= 11 is 1.75. The van der Waals surface area contributed by atoms with Crippen LogP contribution < -0.4 is 5.32 Å². The van der Waals surface area contributed by atoms with Crippen molar-refractivity contribution in [2.45, 2.75) is 65.5 Å². The number of hydrogen-bond donors (Lipinski definition) is 1. The van der Waals surface area contributed by atoms with Crippen molar-refractivity contribution in [1.29, 1.82) is 0 Å². The maximum atomic E-state index is 4.57. The normalized spacial score (nSPS) is 14.1. The lowest BCUT2D eigenvalue weighted by Crippen LogP contribution is -2.42. The largest absolute Gasteiger partial charge is 0.303 e. The van der Waals surface area contributed by atoms with Crippen molar-refractivity contribution in [3.63, 3.8) is 0 Å². The van der Waals surface area contributed by atoms with E-state index in [4.69, 9.17) is 0 Å². The molecule has 0 fully saturated rings. The maximum absolute atomic E-state index is 4.57. The number of hydrogen-bond acceptors (Lipinski definition) is 3. The van der Waals surface area contributed by atoms with E-state index in [1.165, 1.54) is 24.3 Å². The fourth-order valence-electron chi connectivity index (χ4n) is 1.90. The number of aryl methyl sites for hydroxylation is 1. The third-order valence-electron chi connectivity index (χ3n) is 2.75. The van der Waals surface area contributed by atoms with Gasteiger partial charge in [-0.15, -0.1) is 11.3 Å². The van der Waals surface area contributed by atoms with Crippen LogP contribution in [-0.2, 0) is 5.54 Å². The molecule has 0 saturated carbocycles. The second kappa shape index (κ2) is 5.78. The van der Waals surface area contributed by atoms with Gasteiger partial charge in [0.1, 0.15) is 5.01 Å². The summed E-state index contributed by atoms with van der Waals surface area (Å²) in [5.74, 6) is 0. The minimum Gasteiger partial charge on any atom is -0.303 e. The van der Waals surface area contributed by atoms with Crippen LogP contribution in [0.25, 0.3) is 0 Å². The Hall–Kier alpha value is -0.410. The van der Waals surface area contributed by atoms with Gasteiger partial charge in [-0.3, -0.25) is 0 Å². The summed E-state index contributed by atoms with van der Waals surface area (Å²) in [5, 5.41) is 6.98. The number of nitrogens with zero attached hydrogens (tertiary/aromatic N) is 1. The third-order valence-corrected chi connectivity index (χ3v) is 4.04. The van der Waals surface area contributed by atoms with Crippen molar-refractivity contribution >= 4 is 11.3 Å². The average molecular weight is 240 g/mol. The molecular weight excluding hydrogens is 216 g/mol. The first kappa shape index (κ1) is 13.7. The smallest absolute Gasteiger partial charge is 0.112 e. The van der Waals surface area contributed by atoms with E-state index in [0.717, 1.165) is 5.69 Å². The Bertz CT molecular complexity index is 317. The van der Waals surface area contributed by atoms with Gasteiger partial charge in [-0.2, -0.15) is 0 Å². The Morgan fingerprint density at radius 2 is 2.19 bits per heavy atom. The van der Waals surface area contributed by atoms with Gasteiger partial charge in [0.25, 0.3) is 0 Å². The fourth-order valence-corrected chi connectivity index (χ4v) is 2.79. The van der Waals surface area contributed by atoms with Gasteiger partial charge in [0.05, 0.1) is 5.54 Å². The molecule has 1 unspecified atom stereocenters. The molecule has 1 atom stereocenters. The van der Waals surface area contributed by atoms with Gasteiger partial charge in [-0.1, -0.05) is 19.8 Å². The molecule has 16 heavy (non-hydrogen) atoms. The molecule has 92 valence electrons. The molecule has 0 aromatic carbocycles. The van der Waals surface area contributed by atoms with Gasteiger partial charge in [0, 0.05) is 17.1 Å². The molecule has 0 spiro atoms. The Morgan fingerprint density at radius 1 is 1.50 bits per heavy atom. The van der Waals surface area contributed by atoms with Gasteiger partial charge in [-0.05, 0) is 34.1 Å². The third kappa shape index (κ3) is 3.87. The van der Waals surface area contributed by atoms with Crippen molar-refractivity contribution in [2.75, 3.05) is 0 Å². The molecule has 2 nitrogen and oxygen atoms in total. The zero-order valence-corrected chi connectivity index (χ0v) is 11.9. The van der Waals surface area contributed by atoms with Gasteiger partial charge >= 0.3 is 0 Å². The molecule has 1 aromatic heterocycles. The van der Waals surface area contributed by atoms with Crippen LogP contribution in [-0.4, -0.2) is 11.0 Å². The van der Waals surface area contributed by atoms with E-state index in [9.17, 15) is 0 Å². The van der Waals surface area contributed by atoms with E-state index < -0.39 is 0 Å². The highest BCUT2D eigenvalue weighted by atomic mass is 32.1. The molecule has 3 heteroatoms. The average Bonchev–Trinajstić information content (AvgIpc) is 2.62. The van der Waals surface area contributed by atoms with E-state index in [0.29, 0.717) is 6.04 Å². The molecule has 0 aliphatic carbocycles. The van der Waals surface area contributed by atoms with Crippen LogP contribution in [0.3, 0.4) is 0 Å². The predicted octanol–water partition coefficient (Wildman–Crippen LogP) is 3.85. The van der Waals surface area contributed by atoms with Crippen molar-refractivity contribution < 1.29 is 0 Å². The van der Waals surface area contributed by atoms with E-state index in [1.54, 1.807) is 11.3 Å². The van der Waals surface area contributed by atoms with Crippen LogP contribution in [0.4, 0.5) is 0 Å². The van der Waals surface area contributed by atoms with Gasteiger partial charge in [0.2, 0.25) is 0 Å². The summed E-state index contributed by atoms with van der Waals surface area (Å²) in [5.41, 5.74) is 1.11. The van der Waals surface area contributed by atoms with Crippen LogP contribution in [0.2, 0.25) is 0 Å². The number of thiazole rings is 1. The Balaban J connectivity index is 2.57. The first-order valence-corrected chi connectivity index (χ1v) is 7.04. The molecule has 0 saturated heterocycles. The van der Waals surface area contributed by atoms with Crippen LogP contribution in [0.15, 0.2) is 5.38 Å². The molecule has 1 rings (SSSR count). The zero-order chi connectivity index (χ0) is 12.2. The van der Waals surface area contributed by atoms with Crippen LogP contribution in [0.5, 0.6) is 0 Å². The van der Waals surface area contributed by atoms with Crippen molar-refractivity contribution in [3.05, 3.63) is 16.1 Å². The zero-order valence-electron chi connectivity index (χ0n) is 11.1. The monoisotopic (exact) mass is 240 g/mol. The number of nitrogens with one attached hydrogen (secondary N) is 1. The number of rotatable bonds is 6. The van der Waals surface area contributed by atoms with Crippen molar-refractivity contribution in [2.24, 2.45) is 0 Å². The summed E-state index contributed by atoms with van der Waals surface area (Å²) in [6.45, 7) is 11.0. The molecule has 0 aliphatic heterocycles. The second-order valence-corrected chi connectivity index (χ2v) is 5.96. The molecule has 1 aromatic rings. The minimum atomic E-state index is -0.00785. The lowest BCUT2D eigenvalue weighted by Gasteiger charge is -2.28. The SMILES string of the molecule is CCCCC(C)NC(C)(C)c1nc(C)cs1. The summed E-state index contributed by atoms with van der Waals surface area (Å²) in [7, 11) is 0. The molecule has 0 radical (unpaired) electrons. The highest BCUT2D eigenvalue weighted by molar-refractivity contribution is 7.09. The van der Waals surface area contributed by atoms with Gasteiger partial charge < -0.3 is 5.32 Å². The van der Waals surface area contributed by atoms with E-state index in [1.807, 2.05) is 0 Å². The molecule has 1 N–H and O–H groups in total. The summed E-state index contributed by atoms with van der Waals surface area (Å²) in [6.07, 6.45) is 3.80. The first-order valence-electron chi connectivity index (χ1n) is 6.16. The van der Waals surface area contributed by atoms with Crippen molar-refractivity contribution in [1.82, 2.24) is 10.3 Å². The second-order valence-electron chi connectivity index (χ2n) is 5.11. The lowest BCUT2D eigenvalue weighted by atomic mass is 10.0. The molecule has 0 bridgehead atoms. The summed E-state index contributed by atoms with van der Waals surface area (Å²) < 4.78 is 0. The summed E-state index contributed by atoms with van der Waals surface area (Å²) in [4.78, 5) is 4.57. The quantitative estimate of drug-likeness (QED) is 0.817. The number of unbranched alkanes of at least 4 members (excludes halogenated alkanes) is 1. The maximum Gasteiger partial charge on any atom is 0.112 e. The lowest BCUT2D eigenvalue weighted by molar-refractivity contribution is 0.336. The highest BCUT2D eigenvalue weighted by Gasteiger charge is 2.25. The Labute approximate surface area is 103 Å². The molecular formula is C13H24N2S. The molecule has 0 aliphatic rings. The van der Waals surface area contributed by atoms with Crippen molar-refractivity contribution in [3.8, 4) is 0 Å². The Morgan fingerprint density at radius 3 is 2.69 bits per heavy atom. The highest BCUT2D eigenvalue weighted by Crippen LogP contribution is 2.24. The fraction of sp³-hybridized carbons (Fsp3) is 0.769. The van der Waals surface area contributed by atoms with E-state index in [-0.39, 0.29) is 5.54 Å². The van der Waals surface area contributed by atoms with Crippen LogP contribution >= 0.6 is 11.3 Å². The van der Waals surface area contributed by atoms with Crippen LogP contribution in [0, 0.1) is 6.92 Å². The van der Waals surface area contributed by atoms with Gasteiger partial charge in [-0.25, -0.2) is 4.98 Å². The first-order chi connectivity index (χ1) is 7.45. The molecule has 0 amide bonds.